The molecule has 0 heterocycles. The van der Waals surface area contributed by atoms with E-state index < -0.39 is 0 Å². The maximum atomic E-state index is 2.34. The molecule has 0 aliphatic carbocycles. The summed E-state index contributed by atoms with van der Waals surface area (Å²) in [6.45, 7) is 11.5. The molecule has 0 aliphatic heterocycles. The SMILES string of the molecule is CC(C)CC(C)C(C)C. The summed E-state index contributed by atoms with van der Waals surface area (Å²) in [7, 11) is 0. The highest BCUT2D eigenvalue weighted by atomic mass is 14.1. The first-order valence-corrected chi connectivity index (χ1v) is 4.04. The van der Waals surface area contributed by atoms with Crippen LogP contribution in [-0.2, 0) is 0 Å². The van der Waals surface area contributed by atoms with Crippen LogP contribution in [0.1, 0.15) is 41.0 Å². The summed E-state index contributed by atoms with van der Waals surface area (Å²) in [5.74, 6) is 2.61. The molecule has 0 heteroatoms. The first-order chi connectivity index (χ1) is 4.04. The Hall–Kier alpha value is 0. The number of hydrogen-bond donors (Lipinski definition) is 0. The van der Waals surface area contributed by atoms with Crippen LogP contribution in [0.5, 0.6) is 0 Å². The van der Waals surface area contributed by atoms with Crippen molar-refractivity contribution in [3.63, 3.8) is 0 Å². The van der Waals surface area contributed by atoms with Gasteiger partial charge < -0.3 is 0 Å². The average Bonchev–Trinajstić information content (AvgIpc) is 1.63. The second-order valence-corrected chi connectivity index (χ2v) is 3.85. The van der Waals surface area contributed by atoms with Crippen LogP contribution in [0.2, 0.25) is 0 Å². The van der Waals surface area contributed by atoms with Gasteiger partial charge in [0.15, 0.2) is 0 Å². The quantitative estimate of drug-likeness (QED) is 0.547. The van der Waals surface area contributed by atoms with Crippen LogP contribution in [0.25, 0.3) is 0 Å². The molecule has 0 saturated carbocycles. The van der Waals surface area contributed by atoms with Crippen LogP contribution in [0.4, 0.5) is 0 Å². The fraction of sp³-hybridized carbons (Fsp3) is 1.00. The zero-order valence-corrected chi connectivity index (χ0v) is 7.44. The van der Waals surface area contributed by atoms with E-state index in [1.165, 1.54) is 6.42 Å². The van der Waals surface area contributed by atoms with Crippen LogP contribution in [0.15, 0.2) is 0 Å². The first kappa shape index (κ1) is 9.00. The summed E-state index contributed by atoms with van der Waals surface area (Å²) in [4.78, 5) is 0. The maximum Gasteiger partial charge on any atom is -0.0417 e. The van der Waals surface area contributed by atoms with Gasteiger partial charge in [0.1, 0.15) is 0 Å². The zero-order valence-electron chi connectivity index (χ0n) is 7.44. The Morgan fingerprint density at radius 2 is 1.33 bits per heavy atom. The summed E-state index contributed by atoms with van der Waals surface area (Å²) in [6, 6.07) is 0. The average molecular weight is 128 g/mol. The van der Waals surface area contributed by atoms with Gasteiger partial charge in [-0.3, -0.25) is 0 Å². The minimum Gasteiger partial charge on any atom is -0.0628 e. The highest BCUT2D eigenvalue weighted by molar-refractivity contribution is 4.58. The normalized spacial score (nSPS) is 15.0. The van der Waals surface area contributed by atoms with Gasteiger partial charge in [-0.2, -0.15) is 0 Å². The molecule has 0 N–H and O–H groups in total. The van der Waals surface area contributed by atoms with Gasteiger partial charge >= 0.3 is 0 Å². The fourth-order valence-corrected chi connectivity index (χ4v) is 1.02. The Balaban J connectivity index is 3.38. The van der Waals surface area contributed by atoms with Gasteiger partial charge in [-0.05, 0) is 24.2 Å². The Morgan fingerprint density at radius 1 is 0.889 bits per heavy atom. The number of hydrogen-bond acceptors (Lipinski definition) is 0. The van der Waals surface area contributed by atoms with Gasteiger partial charge in [0.25, 0.3) is 0 Å². The van der Waals surface area contributed by atoms with E-state index in [-0.39, 0.29) is 0 Å². The molecule has 0 aliphatic rings. The molecule has 0 rings (SSSR count). The molecule has 0 spiro atoms. The highest BCUT2D eigenvalue weighted by Crippen LogP contribution is 2.18. The molecular formula is C9H20. The summed E-state index contributed by atoms with van der Waals surface area (Å²) in [5, 5.41) is 0. The lowest BCUT2D eigenvalue weighted by atomic mass is 9.90. The second-order valence-electron chi connectivity index (χ2n) is 3.85. The van der Waals surface area contributed by atoms with E-state index in [0.717, 1.165) is 17.8 Å². The predicted molar refractivity (Wildman–Crippen MR) is 43.5 cm³/mol. The van der Waals surface area contributed by atoms with Gasteiger partial charge in [-0.15, -0.1) is 0 Å². The summed E-state index contributed by atoms with van der Waals surface area (Å²) < 4.78 is 0. The largest absolute Gasteiger partial charge is 0.0628 e. The molecule has 1 unspecified atom stereocenters. The molecule has 0 aromatic carbocycles. The first-order valence-electron chi connectivity index (χ1n) is 4.04. The van der Waals surface area contributed by atoms with Crippen LogP contribution < -0.4 is 0 Å². The lowest BCUT2D eigenvalue weighted by Gasteiger charge is -2.16. The monoisotopic (exact) mass is 128 g/mol. The van der Waals surface area contributed by atoms with E-state index in [1.54, 1.807) is 0 Å². The van der Waals surface area contributed by atoms with Crippen molar-refractivity contribution < 1.29 is 0 Å². The lowest BCUT2D eigenvalue weighted by Crippen LogP contribution is -2.06. The molecule has 0 aromatic heterocycles. The molecule has 0 saturated heterocycles. The topological polar surface area (TPSA) is 0 Å². The minimum atomic E-state index is 0.854. The van der Waals surface area contributed by atoms with E-state index in [4.69, 9.17) is 0 Å². The molecular weight excluding hydrogens is 108 g/mol. The van der Waals surface area contributed by atoms with Gasteiger partial charge in [0.05, 0.1) is 0 Å². The molecule has 0 nitrogen and oxygen atoms in total. The van der Waals surface area contributed by atoms with Crippen molar-refractivity contribution in [2.45, 2.75) is 41.0 Å². The van der Waals surface area contributed by atoms with Gasteiger partial charge in [0.2, 0.25) is 0 Å². The fourth-order valence-electron chi connectivity index (χ4n) is 1.02. The molecule has 0 fully saturated rings. The summed E-state index contributed by atoms with van der Waals surface area (Å²) >= 11 is 0. The van der Waals surface area contributed by atoms with Crippen molar-refractivity contribution >= 4 is 0 Å². The third-order valence-electron chi connectivity index (χ3n) is 1.98. The molecule has 56 valence electrons. The Bertz CT molecular complexity index is 62.4. The van der Waals surface area contributed by atoms with Crippen molar-refractivity contribution in [1.82, 2.24) is 0 Å². The van der Waals surface area contributed by atoms with Gasteiger partial charge in [-0.25, -0.2) is 0 Å². The molecule has 9 heavy (non-hydrogen) atoms. The van der Waals surface area contributed by atoms with Crippen LogP contribution >= 0.6 is 0 Å². The summed E-state index contributed by atoms with van der Waals surface area (Å²) in [5.41, 5.74) is 0. The summed E-state index contributed by atoms with van der Waals surface area (Å²) in [6.07, 6.45) is 1.37. The second kappa shape index (κ2) is 3.92. The lowest BCUT2D eigenvalue weighted by molar-refractivity contribution is 0.344. The molecule has 0 amide bonds. The van der Waals surface area contributed by atoms with E-state index in [2.05, 4.69) is 34.6 Å². The van der Waals surface area contributed by atoms with E-state index >= 15 is 0 Å². The third-order valence-corrected chi connectivity index (χ3v) is 1.98. The third kappa shape index (κ3) is 4.50. The van der Waals surface area contributed by atoms with Crippen LogP contribution in [-0.4, -0.2) is 0 Å². The van der Waals surface area contributed by atoms with Crippen molar-refractivity contribution in [2.75, 3.05) is 0 Å². The standard InChI is InChI=1S/C9H20/c1-7(2)6-9(5)8(3)4/h7-9H,6H2,1-5H3. The zero-order chi connectivity index (χ0) is 7.44. The predicted octanol–water partition coefficient (Wildman–Crippen LogP) is 3.32. The number of rotatable bonds is 3. The van der Waals surface area contributed by atoms with Gasteiger partial charge in [-0.1, -0.05) is 34.6 Å². The van der Waals surface area contributed by atoms with E-state index in [1.807, 2.05) is 0 Å². The Kier molecular flexibility index (Phi) is 3.92. The van der Waals surface area contributed by atoms with Crippen LogP contribution in [0, 0.1) is 17.8 Å². The molecule has 0 aromatic rings. The molecule has 0 bridgehead atoms. The van der Waals surface area contributed by atoms with Crippen molar-refractivity contribution in [3.8, 4) is 0 Å². The Morgan fingerprint density at radius 3 is 1.44 bits per heavy atom. The minimum absolute atomic E-state index is 0.854. The van der Waals surface area contributed by atoms with E-state index in [0.29, 0.717) is 0 Å². The van der Waals surface area contributed by atoms with Crippen molar-refractivity contribution in [3.05, 3.63) is 0 Å². The van der Waals surface area contributed by atoms with Crippen LogP contribution in [0.3, 0.4) is 0 Å². The highest BCUT2D eigenvalue weighted by Gasteiger charge is 2.07. The maximum absolute atomic E-state index is 2.34. The van der Waals surface area contributed by atoms with E-state index in [9.17, 15) is 0 Å². The van der Waals surface area contributed by atoms with Crippen molar-refractivity contribution in [1.29, 1.82) is 0 Å². The Labute approximate surface area is 59.7 Å². The van der Waals surface area contributed by atoms with Crippen molar-refractivity contribution in [2.24, 2.45) is 17.8 Å². The van der Waals surface area contributed by atoms with Gasteiger partial charge in [0, 0.05) is 0 Å². The molecule has 0 radical (unpaired) electrons. The molecule has 1 atom stereocenters. The smallest absolute Gasteiger partial charge is 0.0417 e.